The van der Waals surface area contributed by atoms with Crippen LogP contribution in [0.5, 0.6) is 0 Å². The van der Waals surface area contributed by atoms with Gasteiger partial charge in [-0.15, -0.1) is 11.8 Å². The van der Waals surface area contributed by atoms with Crippen LogP contribution in [0.4, 0.5) is 10.1 Å². The van der Waals surface area contributed by atoms with E-state index in [0.717, 1.165) is 5.56 Å². The molecule has 2 rings (SSSR count). The van der Waals surface area contributed by atoms with Crippen LogP contribution in [-0.4, -0.2) is 11.2 Å². The molecular formula is C17H15FN2OS. The van der Waals surface area contributed by atoms with Gasteiger partial charge in [0.2, 0.25) is 5.91 Å². The fourth-order valence-electron chi connectivity index (χ4n) is 1.80. The van der Waals surface area contributed by atoms with Crippen LogP contribution in [0.1, 0.15) is 18.1 Å². The molecule has 112 valence electrons. The highest BCUT2D eigenvalue weighted by Crippen LogP contribution is 2.20. The van der Waals surface area contributed by atoms with Gasteiger partial charge in [-0.3, -0.25) is 4.79 Å². The Balaban J connectivity index is 1.88. The summed E-state index contributed by atoms with van der Waals surface area (Å²) in [5.74, 6) is 0.180. The molecule has 22 heavy (non-hydrogen) atoms. The molecule has 2 aromatic rings. The van der Waals surface area contributed by atoms with Crippen molar-refractivity contribution in [2.75, 3.05) is 5.32 Å². The van der Waals surface area contributed by atoms with Crippen LogP contribution in [0.25, 0.3) is 0 Å². The van der Waals surface area contributed by atoms with Crippen LogP contribution < -0.4 is 5.32 Å². The van der Waals surface area contributed by atoms with Gasteiger partial charge in [-0.25, -0.2) is 4.39 Å². The summed E-state index contributed by atoms with van der Waals surface area (Å²) in [6.45, 7) is 1.82. The molecule has 0 saturated heterocycles. The maximum absolute atomic E-state index is 12.8. The standard InChI is InChI=1S/C17H15FN2OS/c1-12(17(21)20-16-7-5-15(18)6-8-16)22-11-14-4-2-3-13(9-14)10-19/h2-9,12H,11H2,1H3,(H,20,21). The lowest BCUT2D eigenvalue weighted by Crippen LogP contribution is -2.22. The van der Waals surface area contributed by atoms with E-state index in [0.29, 0.717) is 17.0 Å². The quantitative estimate of drug-likeness (QED) is 0.909. The van der Waals surface area contributed by atoms with Gasteiger partial charge in [0.25, 0.3) is 0 Å². The van der Waals surface area contributed by atoms with Crippen LogP contribution in [0.3, 0.4) is 0 Å². The molecule has 0 radical (unpaired) electrons. The lowest BCUT2D eigenvalue weighted by molar-refractivity contribution is -0.115. The number of hydrogen-bond donors (Lipinski definition) is 1. The number of rotatable bonds is 5. The fraction of sp³-hybridized carbons (Fsp3) is 0.176. The molecule has 1 atom stereocenters. The van der Waals surface area contributed by atoms with E-state index in [1.807, 2.05) is 25.1 Å². The minimum atomic E-state index is -0.335. The van der Waals surface area contributed by atoms with Gasteiger partial charge in [0.15, 0.2) is 0 Å². The molecule has 0 bridgehead atoms. The molecule has 0 aliphatic carbocycles. The van der Waals surface area contributed by atoms with Gasteiger partial charge in [0.1, 0.15) is 5.82 Å². The average molecular weight is 314 g/mol. The van der Waals surface area contributed by atoms with Crippen LogP contribution in [0.15, 0.2) is 48.5 Å². The molecule has 0 fully saturated rings. The van der Waals surface area contributed by atoms with Crippen molar-refractivity contribution >= 4 is 23.4 Å². The highest BCUT2D eigenvalue weighted by molar-refractivity contribution is 7.99. The Bertz CT molecular complexity index is 695. The van der Waals surface area contributed by atoms with Crippen molar-refractivity contribution in [2.45, 2.75) is 17.9 Å². The van der Waals surface area contributed by atoms with E-state index in [4.69, 9.17) is 5.26 Å². The Kier molecular flexibility index (Phi) is 5.56. The summed E-state index contributed by atoms with van der Waals surface area (Å²) in [5, 5.41) is 11.4. The minimum Gasteiger partial charge on any atom is -0.325 e. The first kappa shape index (κ1) is 16.1. The number of carbonyl (C=O) groups is 1. The second-order valence-corrected chi connectivity index (χ2v) is 6.09. The van der Waals surface area contributed by atoms with Crippen molar-refractivity contribution in [2.24, 2.45) is 0 Å². The van der Waals surface area contributed by atoms with Gasteiger partial charge in [0.05, 0.1) is 16.9 Å². The van der Waals surface area contributed by atoms with Gasteiger partial charge in [-0.2, -0.15) is 5.26 Å². The first-order chi connectivity index (χ1) is 10.6. The summed E-state index contributed by atoms with van der Waals surface area (Å²) in [7, 11) is 0. The number of nitriles is 1. The zero-order valence-electron chi connectivity index (χ0n) is 12.0. The van der Waals surface area contributed by atoms with E-state index < -0.39 is 0 Å². The van der Waals surface area contributed by atoms with E-state index in [1.54, 1.807) is 6.07 Å². The Morgan fingerprint density at radius 1 is 1.32 bits per heavy atom. The lowest BCUT2D eigenvalue weighted by Gasteiger charge is -2.12. The topological polar surface area (TPSA) is 52.9 Å². The van der Waals surface area contributed by atoms with Gasteiger partial charge >= 0.3 is 0 Å². The van der Waals surface area contributed by atoms with Gasteiger partial charge in [-0.05, 0) is 48.9 Å². The molecule has 2 aromatic carbocycles. The van der Waals surface area contributed by atoms with Crippen molar-refractivity contribution < 1.29 is 9.18 Å². The van der Waals surface area contributed by atoms with Crippen molar-refractivity contribution in [3.05, 3.63) is 65.5 Å². The van der Waals surface area contributed by atoms with E-state index >= 15 is 0 Å². The molecule has 0 aliphatic heterocycles. The van der Waals surface area contributed by atoms with Crippen molar-refractivity contribution in [3.8, 4) is 6.07 Å². The van der Waals surface area contributed by atoms with Crippen LogP contribution >= 0.6 is 11.8 Å². The van der Waals surface area contributed by atoms with E-state index in [1.165, 1.54) is 36.0 Å². The van der Waals surface area contributed by atoms with Crippen LogP contribution in [0, 0.1) is 17.1 Å². The Morgan fingerprint density at radius 2 is 2.05 bits per heavy atom. The number of halogens is 1. The molecule has 1 N–H and O–H groups in total. The van der Waals surface area contributed by atoms with E-state index in [-0.39, 0.29) is 17.0 Å². The molecule has 1 amide bonds. The summed E-state index contributed by atoms with van der Waals surface area (Å²) in [6, 6.07) is 15.1. The van der Waals surface area contributed by atoms with Crippen LogP contribution in [-0.2, 0) is 10.5 Å². The summed E-state index contributed by atoms with van der Waals surface area (Å²) < 4.78 is 12.8. The first-order valence-corrected chi connectivity index (χ1v) is 7.80. The highest BCUT2D eigenvalue weighted by atomic mass is 32.2. The number of carbonyl (C=O) groups excluding carboxylic acids is 1. The number of thioether (sulfide) groups is 1. The molecule has 0 aromatic heterocycles. The zero-order valence-corrected chi connectivity index (χ0v) is 12.9. The molecule has 0 spiro atoms. The lowest BCUT2D eigenvalue weighted by atomic mass is 10.2. The maximum atomic E-state index is 12.8. The van der Waals surface area contributed by atoms with Crippen molar-refractivity contribution in [1.29, 1.82) is 5.26 Å². The van der Waals surface area contributed by atoms with Crippen molar-refractivity contribution in [3.63, 3.8) is 0 Å². The Hall–Kier alpha value is -2.32. The third-order valence-electron chi connectivity index (χ3n) is 3.04. The SMILES string of the molecule is CC(SCc1cccc(C#N)c1)C(=O)Nc1ccc(F)cc1. The second-order valence-electron chi connectivity index (χ2n) is 4.76. The number of nitrogens with zero attached hydrogens (tertiary/aromatic N) is 1. The van der Waals surface area contributed by atoms with Crippen molar-refractivity contribution in [1.82, 2.24) is 0 Å². The zero-order chi connectivity index (χ0) is 15.9. The molecular weight excluding hydrogens is 299 g/mol. The van der Waals surface area contributed by atoms with Gasteiger partial charge < -0.3 is 5.32 Å². The van der Waals surface area contributed by atoms with E-state index in [2.05, 4.69) is 11.4 Å². The molecule has 1 unspecified atom stereocenters. The largest absolute Gasteiger partial charge is 0.325 e. The summed E-state index contributed by atoms with van der Waals surface area (Å²) in [6.07, 6.45) is 0. The molecule has 0 aliphatic rings. The Morgan fingerprint density at radius 3 is 2.73 bits per heavy atom. The number of amides is 1. The summed E-state index contributed by atoms with van der Waals surface area (Å²) >= 11 is 1.48. The predicted octanol–water partition coefficient (Wildman–Crippen LogP) is 3.96. The smallest absolute Gasteiger partial charge is 0.237 e. The number of benzene rings is 2. The van der Waals surface area contributed by atoms with Crippen LogP contribution in [0.2, 0.25) is 0 Å². The number of hydrogen-bond acceptors (Lipinski definition) is 3. The highest BCUT2D eigenvalue weighted by Gasteiger charge is 2.13. The van der Waals surface area contributed by atoms with Gasteiger partial charge in [0, 0.05) is 11.4 Å². The maximum Gasteiger partial charge on any atom is 0.237 e. The normalized spacial score (nSPS) is 11.5. The van der Waals surface area contributed by atoms with Gasteiger partial charge in [-0.1, -0.05) is 12.1 Å². The fourth-order valence-corrected chi connectivity index (χ4v) is 2.64. The summed E-state index contributed by atoms with van der Waals surface area (Å²) in [5.41, 5.74) is 2.19. The minimum absolute atomic E-state index is 0.131. The predicted molar refractivity (Wildman–Crippen MR) is 86.9 cm³/mol. The second kappa shape index (κ2) is 7.62. The first-order valence-electron chi connectivity index (χ1n) is 6.75. The monoisotopic (exact) mass is 314 g/mol. The molecule has 0 heterocycles. The molecule has 3 nitrogen and oxygen atoms in total. The third-order valence-corrected chi connectivity index (χ3v) is 4.25. The van der Waals surface area contributed by atoms with E-state index in [9.17, 15) is 9.18 Å². The molecule has 0 saturated carbocycles. The summed E-state index contributed by atoms with van der Waals surface area (Å²) in [4.78, 5) is 12.1. The Labute approximate surface area is 133 Å². The number of nitrogens with one attached hydrogen (secondary N) is 1. The molecule has 5 heteroatoms. The number of anilines is 1. The third kappa shape index (κ3) is 4.61. The average Bonchev–Trinajstić information content (AvgIpc) is 2.54.